The quantitative estimate of drug-likeness (QED) is 0.524. The summed E-state index contributed by atoms with van der Waals surface area (Å²) in [7, 11) is 0. The molecule has 3 aromatic rings. The van der Waals surface area contributed by atoms with Crippen molar-refractivity contribution >= 4 is 57.5 Å². The fraction of sp³-hybridized carbons (Fsp3) is 0.250. The average Bonchev–Trinajstić information content (AvgIpc) is 3.26. The lowest BCUT2D eigenvalue weighted by Gasteiger charge is -2.18. The maximum Gasteiger partial charge on any atom is 0.275 e. The van der Waals surface area contributed by atoms with Gasteiger partial charge in [-0.25, -0.2) is 4.98 Å². The van der Waals surface area contributed by atoms with E-state index in [4.69, 9.17) is 11.6 Å². The highest BCUT2D eigenvalue weighted by molar-refractivity contribution is 7.23. The number of hydrogen-bond donors (Lipinski definition) is 2. The molecule has 0 aliphatic heterocycles. The number of aromatic nitrogens is 1. The van der Waals surface area contributed by atoms with Crippen molar-refractivity contribution in [2.75, 3.05) is 10.6 Å². The number of halogens is 1. The summed E-state index contributed by atoms with van der Waals surface area (Å²) in [5.41, 5.74) is 1.99. The lowest BCUT2D eigenvalue weighted by molar-refractivity contribution is -0.123. The first-order chi connectivity index (χ1) is 13.1. The molecule has 2 aromatic heterocycles. The number of carbonyl (C=O) groups excluding carboxylic acids is 2. The molecule has 0 fully saturated rings. The number of hydrogen-bond acceptors (Lipinski definition) is 5. The van der Waals surface area contributed by atoms with E-state index in [2.05, 4.69) is 15.6 Å². The Hall–Kier alpha value is -2.22. The molecule has 146 valence electrons. The van der Waals surface area contributed by atoms with E-state index in [0.29, 0.717) is 21.4 Å². The van der Waals surface area contributed by atoms with Crippen molar-refractivity contribution in [3.8, 4) is 9.88 Å². The molecule has 0 saturated carbocycles. The highest BCUT2D eigenvalue weighted by Crippen LogP contribution is 2.33. The molecule has 0 saturated heterocycles. The third kappa shape index (κ3) is 4.79. The Morgan fingerprint density at radius 2 is 1.86 bits per heavy atom. The van der Waals surface area contributed by atoms with Crippen molar-refractivity contribution in [2.24, 2.45) is 5.41 Å². The number of nitrogens with zero attached hydrogens (tertiary/aromatic N) is 1. The van der Waals surface area contributed by atoms with Crippen LogP contribution in [0.15, 0.2) is 35.7 Å². The molecule has 2 amide bonds. The highest BCUT2D eigenvalue weighted by atomic mass is 35.5. The second kappa shape index (κ2) is 8.03. The summed E-state index contributed by atoms with van der Waals surface area (Å²) < 4.78 is 0.681. The van der Waals surface area contributed by atoms with E-state index in [1.807, 2.05) is 52.0 Å². The first-order valence-electron chi connectivity index (χ1n) is 8.58. The topological polar surface area (TPSA) is 71.1 Å². The third-order valence-corrected chi connectivity index (χ3v) is 6.19. The smallest absolute Gasteiger partial charge is 0.275 e. The van der Waals surface area contributed by atoms with Gasteiger partial charge in [0.25, 0.3) is 5.91 Å². The molecule has 2 heterocycles. The number of carbonyl (C=O) groups is 2. The molecule has 0 radical (unpaired) electrons. The van der Waals surface area contributed by atoms with Crippen LogP contribution in [0.2, 0.25) is 4.34 Å². The predicted molar refractivity (Wildman–Crippen MR) is 118 cm³/mol. The molecule has 5 nitrogen and oxygen atoms in total. The first-order valence-corrected chi connectivity index (χ1v) is 10.7. The van der Waals surface area contributed by atoms with Gasteiger partial charge in [-0.05, 0) is 36.8 Å². The van der Waals surface area contributed by atoms with Crippen LogP contribution in [0.5, 0.6) is 0 Å². The molecule has 0 aliphatic carbocycles. The van der Waals surface area contributed by atoms with E-state index < -0.39 is 5.41 Å². The van der Waals surface area contributed by atoms with E-state index in [-0.39, 0.29) is 11.8 Å². The van der Waals surface area contributed by atoms with Crippen LogP contribution in [0.25, 0.3) is 9.88 Å². The van der Waals surface area contributed by atoms with E-state index in [9.17, 15) is 9.59 Å². The second-order valence-electron chi connectivity index (χ2n) is 7.33. The van der Waals surface area contributed by atoms with Crippen LogP contribution in [0.3, 0.4) is 0 Å². The van der Waals surface area contributed by atoms with Gasteiger partial charge in [-0.15, -0.1) is 22.7 Å². The molecule has 3 rings (SSSR count). The van der Waals surface area contributed by atoms with Crippen LogP contribution >= 0.6 is 34.3 Å². The van der Waals surface area contributed by atoms with E-state index >= 15 is 0 Å². The van der Waals surface area contributed by atoms with Crippen molar-refractivity contribution in [2.45, 2.75) is 27.7 Å². The Morgan fingerprint density at radius 3 is 2.50 bits per heavy atom. The average molecular weight is 434 g/mol. The van der Waals surface area contributed by atoms with E-state index in [0.717, 1.165) is 15.4 Å². The van der Waals surface area contributed by atoms with E-state index in [1.54, 1.807) is 11.4 Å². The van der Waals surface area contributed by atoms with Crippen LogP contribution in [0, 0.1) is 12.3 Å². The molecule has 0 bridgehead atoms. The van der Waals surface area contributed by atoms with Gasteiger partial charge in [0.15, 0.2) is 0 Å². The van der Waals surface area contributed by atoms with Gasteiger partial charge in [0.2, 0.25) is 5.91 Å². The monoisotopic (exact) mass is 433 g/mol. The van der Waals surface area contributed by atoms with Gasteiger partial charge in [0.1, 0.15) is 10.7 Å². The number of amides is 2. The largest absolute Gasteiger partial charge is 0.326 e. The van der Waals surface area contributed by atoms with Gasteiger partial charge >= 0.3 is 0 Å². The molecular weight excluding hydrogens is 414 g/mol. The van der Waals surface area contributed by atoms with Gasteiger partial charge < -0.3 is 10.6 Å². The Labute approximate surface area is 176 Å². The molecule has 1 aromatic carbocycles. The van der Waals surface area contributed by atoms with Gasteiger partial charge in [0, 0.05) is 22.2 Å². The summed E-state index contributed by atoms with van der Waals surface area (Å²) in [5.74, 6) is -0.389. The van der Waals surface area contributed by atoms with Crippen LogP contribution in [0.1, 0.15) is 36.8 Å². The summed E-state index contributed by atoms with van der Waals surface area (Å²) in [4.78, 5) is 30.2. The SMILES string of the molecule is Cc1ccc(NC(=O)C(C)(C)C)cc1NC(=O)c1csc(-c2ccc(Cl)s2)n1. The number of nitrogens with one attached hydrogen (secondary N) is 2. The van der Waals surface area contributed by atoms with Gasteiger partial charge in [-0.3, -0.25) is 9.59 Å². The lowest BCUT2D eigenvalue weighted by atomic mass is 9.95. The number of thiophene rings is 1. The van der Waals surface area contributed by atoms with Crippen LogP contribution < -0.4 is 10.6 Å². The Bertz CT molecular complexity index is 1030. The number of benzene rings is 1. The predicted octanol–water partition coefficient (Wildman–Crippen LogP) is 6.07. The zero-order valence-electron chi connectivity index (χ0n) is 15.9. The van der Waals surface area contributed by atoms with Crippen LogP contribution in [0.4, 0.5) is 11.4 Å². The third-order valence-electron chi connectivity index (χ3n) is 3.95. The summed E-state index contributed by atoms with van der Waals surface area (Å²) in [6.07, 6.45) is 0. The Morgan fingerprint density at radius 1 is 1.11 bits per heavy atom. The normalized spacial score (nSPS) is 11.3. The zero-order chi connectivity index (χ0) is 20.5. The highest BCUT2D eigenvalue weighted by Gasteiger charge is 2.21. The number of thiazole rings is 1. The Balaban J connectivity index is 1.76. The fourth-order valence-electron chi connectivity index (χ4n) is 2.26. The zero-order valence-corrected chi connectivity index (χ0v) is 18.3. The van der Waals surface area contributed by atoms with Gasteiger partial charge in [-0.2, -0.15) is 0 Å². The summed E-state index contributed by atoms with van der Waals surface area (Å²) in [5, 5.41) is 8.23. The minimum Gasteiger partial charge on any atom is -0.326 e. The standard InChI is InChI=1S/C20H20ClN3O2S2/c1-11-5-6-12(22-19(26)20(2,3)4)9-13(11)23-17(25)14-10-27-18(24-14)15-7-8-16(21)28-15/h5-10H,1-4H3,(H,22,26)(H,23,25). The Kier molecular flexibility index (Phi) is 5.88. The summed E-state index contributed by atoms with van der Waals surface area (Å²) in [6, 6.07) is 9.12. The number of rotatable bonds is 4. The van der Waals surface area contributed by atoms with Crippen LogP contribution in [-0.2, 0) is 4.79 Å². The minimum atomic E-state index is -0.504. The van der Waals surface area contributed by atoms with Gasteiger partial charge in [-0.1, -0.05) is 38.4 Å². The minimum absolute atomic E-state index is 0.0904. The fourth-order valence-corrected chi connectivity index (χ4v) is 4.17. The van der Waals surface area contributed by atoms with Crippen molar-refractivity contribution in [3.63, 3.8) is 0 Å². The van der Waals surface area contributed by atoms with Crippen molar-refractivity contribution < 1.29 is 9.59 Å². The van der Waals surface area contributed by atoms with E-state index in [1.165, 1.54) is 22.7 Å². The lowest BCUT2D eigenvalue weighted by Crippen LogP contribution is -2.27. The first kappa shape index (κ1) is 20.5. The molecule has 2 N–H and O–H groups in total. The molecule has 0 unspecified atom stereocenters. The second-order valence-corrected chi connectivity index (χ2v) is 9.90. The molecule has 8 heteroatoms. The molecular formula is C20H20ClN3O2S2. The van der Waals surface area contributed by atoms with Crippen LogP contribution in [-0.4, -0.2) is 16.8 Å². The molecule has 28 heavy (non-hydrogen) atoms. The van der Waals surface area contributed by atoms with Gasteiger partial charge in [0.05, 0.1) is 9.21 Å². The van der Waals surface area contributed by atoms with Crippen molar-refractivity contribution in [1.82, 2.24) is 4.98 Å². The summed E-state index contributed by atoms with van der Waals surface area (Å²) in [6.45, 7) is 7.44. The molecule has 0 spiro atoms. The molecule has 0 aliphatic rings. The molecule has 0 atom stereocenters. The van der Waals surface area contributed by atoms with Crippen molar-refractivity contribution in [3.05, 3.63) is 51.3 Å². The number of aryl methyl sites for hydroxylation is 1. The summed E-state index contributed by atoms with van der Waals surface area (Å²) >= 11 is 8.79. The van der Waals surface area contributed by atoms with Crippen molar-refractivity contribution in [1.29, 1.82) is 0 Å². The maximum absolute atomic E-state index is 12.6. The maximum atomic E-state index is 12.6. The number of anilines is 2.